The minimum absolute atomic E-state index is 0.274. The third-order valence-corrected chi connectivity index (χ3v) is 3.82. The number of likely N-dealkylation sites (tertiary alicyclic amines) is 1. The zero-order valence-electron chi connectivity index (χ0n) is 10.6. The van der Waals surface area contributed by atoms with E-state index in [0.29, 0.717) is 12.8 Å². The predicted molar refractivity (Wildman–Crippen MR) is 68.4 cm³/mol. The van der Waals surface area contributed by atoms with Crippen molar-refractivity contribution in [3.63, 3.8) is 0 Å². The summed E-state index contributed by atoms with van der Waals surface area (Å²) in [5.74, 6) is -0.414. The summed E-state index contributed by atoms with van der Waals surface area (Å²) in [6, 6.07) is 7.17. The van der Waals surface area contributed by atoms with E-state index in [1.807, 2.05) is 19.1 Å². The lowest BCUT2D eigenvalue weighted by Gasteiger charge is -2.36. The maximum absolute atomic E-state index is 11.1. The van der Waals surface area contributed by atoms with Crippen molar-refractivity contribution in [1.82, 2.24) is 4.90 Å². The molecule has 0 unspecified atom stereocenters. The van der Waals surface area contributed by atoms with Gasteiger partial charge in [0.2, 0.25) is 0 Å². The largest absolute Gasteiger partial charge is 0.508 e. The van der Waals surface area contributed by atoms with Gasteiger partial charge < -0.3 is 10.2 Å². The number of benzene rings is 1. The fourth-order valence-electron chi connectivity index (χ4n) is 2.28. The van der Waals surface area contributed by atoms with Crippen LogP contribution >= 0.6 is 0 Å². The average molecular weight is 249 g/mol. The molecule has 2 rings (SSSR count). The fraction of sp³-hybridized carbons (Fsp3) is 0.500. The molecule has 0 aromatic heterocycles. The average Bonchev–Trinajstić information content (AvgIpc) is 2.35. The standard InChI is InChI=1S/C14H19NO3/c1-14(13(17)18)6-8-15(9-7-14)10-11-2-4-12(16)5-3-11/h2-5,16H,6-10H2,1H3,(H,17,18). The number of phenolic OH excluding ortho intramolecular Hbond substituents is 1. The Labute approximate surface area is 107 Å². The van der Waals surface area contributed by atoms with E-state index in [1.165, 1.54) is 0 Å². The van der Waals surface area contributed by atoms with Crippen molar-refractivity contribution in [2.75, 3.05) is 13.1 Å². The van der Waals surface area contributed by atoms with E-state index in [1.54, 1.807) is 12.1 Å². The summed E-state index contributed by atoms with van der Waals surface area (Å²) in [5.41, 5.74) is 0.581. The van der Waals surface area contributed by atoms with E-state index in [9.17, 15) is 9.90 Å². The Morgan fingerprint density at radius 3 is 2.33 bits per heavy atom. The van der Waals surface area contributed by atoms with Gasteiger partial charge >= 0.3 is 5.97 Å². The van der Waals surface area contributed by atoms with Gasteiger partial charge in [0.1, 0.15) is 5.75 Å². The molecule has 4 heteroatoms. The van der Waals surface area contributed by atoms with Crippen molar-refractivity contribution in [3.05, 3.63) is 29.8 Å². The van der Waals surface area contributed by atoms with Crippen molar-refractivity contribution < 1.29 is 15.0 Å². The lowest BCUT2D eigenvalue weighted by Crippen LogP contribution is -2.42. The van der Waals surface area contributed by atoms with Crippen LogP contribution in [0.1, 0.15) is 25.3 Å². The van der Waals surface area contributed by atoms with Crippen LogP contribution in [0.2, 0.25) is 0 Å². The van der Waals surface area contributed by atoms with Gasteiger partial charge in [0.25, 0.3) is 0 Å². The minimum Gasteiger partial charge on any atom is -0.508 e. The first-order chi connectivity index (χ1) is 8.49. The van der Waals surface area contributed by atoms with E-state index >= 15 is 0 Å². The van der Waals surface area contributed by atoms with Crippen molar-refractivity contribution in [3.8, 4) is 5.75 Å². The smallest absolute Gasteiger partial charge is 0.309 e. The highest BCUT2D eigenvalue weighted by Crippen LogP contribution is 2.31. The molecular weight excluding hydrogens is 230 g/mol. The highest BCUT2D eigenvalue weighted by molar-refractivity contribution is 5.74. The first-order valence-electron chi connectivity index (χ1n) is 6.23. The molecule has 0 bridgehead atoms. The number of piperidine rings is 1. The van der Waals surface area contributed by atoms with Crippen molar-refractivity contribution in [2.24, 2.45) is 5.41 Å². The molecular formula is C14H19NO3. The molecule has 0 saturated carbocycles. The second-order valence-corrected chi connectivity index (χ2v) is 5.31. The summed E-state index contributed by atoms with van der Waals surface area (Å²) in [4.78, 5) is 13.4. The number of hydrogen-bond donors (Lipinski definition) is 2. The highest BCUT2D eigenvalue weighted by Gasteiger charge is 2.36. The SMILES string of the molecule is CC1(C(=O)O)CCN(Cc2ccc(O)cc2)CC1. The van der Waals surface area contributed by atoms with Gasteiger partial charge in [-0.1, -0.05) is 12.1 Å². The molecule has 18 heavy (non-hydrogen) atoms. The third-order valence-electron chi connectivity index (χ3n) is 3.82. The van der Waals surface area contributed by atoms with E-state index in [2.05, 4.69) is 4.90 Å². The summed E-state index contributed by atoms with van der Waals surface area (Å²) in [6.07, 6.45) is 1.39. The number of phenols is 1. The van der Waals surface area contributed by atoms with Crippen molar-refractivity contribution in [2.45, 2.75) is 26.3 Å². The second kappa shape index (κ2) is 4.98. The van der Waals surface area contributed by atoms with Crippen LogP contribution in [0.5, 0.6) is 5.75 Å². The van der Waals surface area contributed by atoms with Gasteiger partial charge in [-0.25, -0.2) is 0 Å². The second-order valence-electron chi connectivity index (χ2n) is 5.31. The molecule has 4 nitrogen and oxygen atoms in total. The van der Waals surface area contributed by atoms with Crippen molar-refractivity contribution >= 4 is 5.97 Å². The molecule has 1 aliphatic rings. The van der Waals surface area contributed by atoms with Gasteiger partial charge in [0, 0.05) is 6.54 Å². The number of hydrogen-bond acceptors (Lipinski definition) is 3. The van der Waals surface area contributed by atoms with Crippen LogP contribution in [-0.2, 0) is 11.3 Å². The Bertz CT molecular complexity index is 419. The van der Waals surface area contributed by atoms with E-state index in [-0.39, 0.29) is 5.75 Å². The molecule has 0 radical (unpaired) electrons. The van der Waals surface area contributed by atoms with Crippen LogP contribution in [-0.4, -0.2) is 34.2 Å². The molecule has 2 N–H and O–H groups in total. The number of nitrogens with zero attached hydrogens (tertiary/aromatic N) is 1. The Balaban J connectivity index is 1.91. The van der Waals surface area contributed by atoms with Crippen LogP contribution in [0, 0.1) is 5.41 Å². The topological polar surface area (TPSA) is 60.8 Å². The number of carboxylic acids is 1. The molecule has 1 fully saturated rings. The number of carboxylic acid groups (broad SMARTS) is 1. The van der Waals surface area contributed by atoms with Crippen LogP contribution in [0.3, 0.4) is 0 Å². The molecule has 0 atom stereocenters. The lowest BCUT2D eigenvalue weighted by molar-refractivity contribution is -0.150. The van der Waals surface area contributed by atoms with Gasteiger partial charge in [-0.2, -0.15) is 0 Å². The van der Waals surface area contributed by atoms with Gasteiger partial charge in [-0.05, 0) is 50.6 Å². The molecule has 1 saturated heterocycles. The number of rotatable bonds is 3. The number of aromatic hydroxyl groups is 1. The summed E-state index contributed by atoms with van der Waals surface area (Å²) in [5, 5.41) is 18.4. The Morgan fingerprint density at radius 2 is 1.83 bits per heavy atom. The predicted octanol–water partition coefficient (Wildman–Crippen LogP) is 2.08. The molecule has 98 valence electrons. The van der Waals surface area contributed by atoms with Crippen LogP contribution in [0.25, 0.3) is 0 Å². The van der Waals surface area contributed by atoms with Gasteiger partial charge in [0.05, 0.1) is 5.41 Å². The Kier molecular flexibility index (Phi) is 3.57. The molecule has 1 heterocycles. The quantitative estimate of drug-likeness (QED) is 0.861. The first-order valence-corrected chi connectivity index (χ1v) is 6.23. The maximum Gasteiger partial charge on any atom is 0.309 e. The number of aliphatic carboxylic acids is 1. The van der Waals surface area contributed by atoms with Crippen LogP contribution < -0.4 is 0 Å². The lowest BCUT2D eigenvalue weighted by atomic mass is 9.80. The molecule has 1 aromatic rings. The fourth-order valence-corrected chi connectivity index (χ4v) is 2.28. The van der Waals surface area contributed by atoms with Crippen molar-refractivity contribution in [1.29, 1.82) is 0 Å². The Hall–Kier alpha value is -1.55. The molecule has 0 spiro atoms. The maximum atomic E-state index is 11.1. The number of carbonyl (C=O) groups is 1. The normalized spacial score (nSPS) is 19.6. The zero-order valence-corrected chi connectivity index (χ0v) is 10.6. The van der Waals surface area contributed by atoms with E-state index < -0.39 is 11.4 Å². The molecule has 0 aliphatic carbocycles. The summed E-state index contributed by atoms with van der Waals surface area (Å²) in [6.45, 7) is 4.26. The summed E-state index contributed by atoms with van der Waals surface area (Å²) < 4.78 is 0. The van der Waals surface area contributed by atoms with Gasteiger partial charge in [-0.15, -0.1) is 0 Å². The van der Waals surface area contributed by atoms with E-state index in [4.69, 9.17) is 5.11 Å². The van der Waals surface area contributed by atoms with Gasteiger partial charge in [0.15, 0.2) is 0 Å². The highest BCUT2D eigenvalue weighted by atomic mass is 16.4. The van der Waals surface area contributed by atoms with Crippen LogP contribution in [0.15, 0.2) is 24.3 Å². The van der Waals surface area contributed by atoms with Gasteiger partial charge in [-0.3, -0.25) is 9.69 Å². The monoisotopic (exact) mass is 249 g/mol. The van der Waals surface area contributed by atoms with Crippen LogP contribution in [0.4, 0.5) is 0 Å². The van der Waals surface area contributed by atoms with E-state index in [0.717, 1.165) is 25.2 Å². The molecule has 0 amide bonds. The molecule has 1 aromatic carbocycles. The summed E-state index contributed by atoms with van der Waals surface area (Å²) in [7, 11) is 0. The summed E-state index contributed by atoms with van der Waals surface area (Å²) >= 11 is 0. The Morgan fingerprint density at radius 1 is 1.28 bits per heavy atom. The third kappa shape index (κ3) is 2.82. The molecule has 1 aliphatic heterocycles. The zero-order chi connectivity index (χ0) is 13.2. The first kappa shape index (κ1) is 12.9. The minimum atomic E-state index is -0.688.